The number of nitrogens with one attached hydrogen (secondary N) is 1. The molecule has 34 heavy (non-hydrogen) atoms. The van der Waals surface area contributed by atoms with Gasteiger partial charge in [0.2, 0.25) is 0 Å². The van der Waals surface area contributed by atoms with Gasteiger partial charge in [0.25, 0.3) is 5.91 Å². The molecule has 1 heterocycles. The Bertz CT molecular complexity index is 1310. The molecule has 0 spiro atoms. The molecule has 0 saturated heterocycles. The SMILES string of the molecule is COc1ccc(-c2nnc(SCC(=O)N/N=C\c3ccccc3F)n2-c2ccc(Cl)cc2)cc1. The van der Waals surface area contributed by atoms with Crippen molar-refractivity contribution < 1.29 is 13.9 Å². The number of ether oxygens (including phenoxy) is 1. The van der Waals surface area contributed by atoms with Gasteiger partial charge in [-0.3, -0.25) is 9.36 Å². The molecule has 10 heteroatoms. The van der Waals surface area contributed by atoms with E-state index < -0.39 is 5.82 Å². The Hall–Kier alpha value is -3.69. The van der Waals surface area contributed by atoms with E-state index in [9.17, 15) is 9.18 Å². The standard InChI is InChI=1S/C24H19ClFN5O2S/c1-33-20-12-6-16(7-13-20)23-29-30-24(31(23)19-10-8-18(25)9-11-19)34-15-22(32)28-27-14-17-4-2-3-5-21(17)26/h2-14H,15H2,1H3,(H,28,32)/b27-14-. The number of aromatic nitrogens is 3. The first kappa shape index (κ1) is 23.5. The zero-order valence-electron chi connectivity index (χ0n) is 18.0. The number of thioether (sulfide) groups is 1. The van der Waals surface area contributed by atoms with Crippen molar-refractivity contribution in [1.29, 1.82) is 0 Å². The van der Waals surface area contributed by atoms with Crippen LogP contribution in [0.4, 0.5) is 4.39 Å². The van der Waals surface area contributed by atoms with Crippen LogP contribution in [0.15, 0.2) is 83.1 Å². The van der Waals surface area contributed by atoms with E-state index >= 15 is 0 Å². The van der Waals surface area contributed by atoms with Crippen molar-refractivity contribution in [1.82, 2.24) is 20.2 Å². The Morgan fingerprint density at radius 3 is 2.56 bits per heavy atom. The third-order valence-corrected chi connectivity index (χ3v) is 5.88. The number of methoxy groups -OCH3 is 1. The van der Waals surface area contributed by atoms with Crippen molar-refractivity contribution in [3.05, 3.63) is 89.2 Å². The van der Waals surface area contributed by atoms with E-state index in [1.807, 2.05) is 41.0 Å². The summed E-state index contributed by atoms with van der Waals surface area (Å²) in [4.78, 5) is 12.3. The third kappa shape index (κ3) is 5.62. The number of halogens is 2. The molecule has 4 aromatic rings. The lowest BCUT2D eigenvalue weighted by molar-refractivity contribution is -0.118. The van der Waals surface area contributed by atoms with Gasteiger partial charge in [0.05, 0.1) is 19.1 Å². The number of carbonyl (C=O) groups excluding carboxylic acids is 1. The van der Waals surface area contributed by atoms with Crippen LogP contribution in [0.25, 0.3) is 17.1 Å². The molecule has 4 rings (SSSR count). The Balaban J connectivity index is 1.53. The molecule has 0 fully saturated rings. The number of amides is 1. The van der Waals surface area contributed by atoms with Crippen LogP contribution in [0.5, 0.6) is 5.75 Å². The first-order chi connectivity index (χ1) is 16.5. The molecule has 0 unspecified atom stereocenters. The average molecular weight is 496 g/mol. The molecule has 0 radical (unpaired) electrons. The van der Waals surface area contributed by atoms with Crippen LogP contribution in [-0.2, 0) is 4.79 Å². The van der Waals surface area contributed by atoms with Gasteiger partial charge in [0, 0.05) is 21.8 Å². The number of rotatable bonds is 8. The van der Waals surface area contributed by atoms with Crippen LogP contribution >= 0.6 is 23.4 Å². The Labute approximate surface area is 204 Å². The highest BCUT2D eigenvalue weighted by Crippen LogP contribution is 2.29. The monoisotopic (exact) mass is 495 g/mol. The quantitative estimate of drug-likeness (QED) is 0.212. The van der Waals surface area contributed by atoms with Gasteiger partial charge in [0.15, 0.2) is 11.0 Å². The molecule has 1 aromatic heterocycles. The summed E-state index contributed by atoms with van der Waals surface area (Å²) in [6, 6.07) is 20.8. The van der Waals surface area contributed by atoms with E-state index in [2.05, 4.69) is 20.7 Å². The third-order valence-electron chi connectivity index (χ3n) is 4.70. The number of carbonyl (C=O) groups is 1. The maximum absolute atomic E-state index is 13.7. The molecule has 0 aliphatic heterocycles. The van der Waals surface area contributed by atoms with E-state index in [1.165, 1.54) is 24.0 Å². The number of hydrazone groups is 1. The smallest absolute Gasteiger partial charge is 0.250 e. The minimum Gasteiger partial charge on any atom is -0.497 e. The molecule has 0 bridgehead atoms. The number of benzene rings is 3. The Morgan fingerprint density at radius 2 is 1.85 bits per heavy atom. The van der Waals surface area contributed by atoms with Gasteiger partial charge >= 0.3 is 0 Å². The van der Waals surface area contributed by atoms with Crippen molar-refractivity contribution in [2.75, 3.05) is 12.9 Å². The lowest BCUT2D eigenvalue weighted by Crippen LogP contribution is -2.20. The van der Waals surface area contributed by atoms with Gasteiger partial charge < -0.3 is 4.74 Å². The molecule has 0 aliphatic rings. The predicted molar refractivity (Wildman–Crippen MR) is 131 cm³/mol. The summed E-state index contributed by atoms with van der Waals surface area (Å²) in [6.07, 6.45) is 1.26. The molecule has 0 aliphatic carbocycles. The van der Waals surface area contributed by atoms with Gasteiger partial charge in [0.1, 0.15) is 11.6 Å². The maximum atomic E-state index is 13.7. The highest BCUT2D eigenvalue weighted by atomic mass is 35.5. The summed E-state index contributed by atoms with van der Waals surface area (Å²) < 4.78 is 20.7. The van der Waals surface area contributed by atoms with Crippen LogP contribution in [0.1, 0.15) is 5.56 Å². The van der Waals surface area contributed by atoms with Crippen molar-refractivity contribution in [2.24, 2.45) is 5.10 Å². The van der Waals surface area contributed by atoms with Crippen molar-refractivity contribution in [2.45, 2.75) is 5.16 Å². The highest BCUT2D eigenvalue weighted by molar-refractivity contribution is 7.99. The van der Waals surface area contributed by atoms with E-state index in [4.69, 9.17) is 16.3 Å². The molecule has 1 N–H and O–H groups in total. The van der Waals surface area contributed by atoms with Gasteiger partial charge in [-0.05, 0) is 54.6 Å². The van der Waals surface area contributed by atoms with Crippen LogP contribution in [0.3, 0.4) is 0 Å². The second kappa shape index (κ2) is 11.0. The lowest BCUT2D eigenvalue weighted by Gasteiger charge is -2.11. The molecule has 172 valence electrons. The molecular weight excluding hydrogens is 477 g/mol. The fourth-order valence-electron chi connectivity index (χ4n) is 3.03. The first-order valence-electron chi connectivity index (χ1n) is 10.1. The fourth-order valence-corrected chi connectivity index (χ4v) is 3.90. The summed E-state index contributed by atoms with van der Waals surface area (Å²) >= 11 is 7.26. The molecule has 1 amide bonds. The van der Waals surface area contributed by atoms with Crippen molar-refractivity contribution in [3.63, 3.8) is 0 Å². The van der Waals surface area contributed by atoms with Crippen LogP contribution in [0.2, 0.25) is 5.02 Å². The molecule has 0 atom stereocenters. The van der Waals surface area contributed by atoms with Gasteiger partial charge in [-0.15, -0.1) is 10.2 Å². The molecule has 7 nitrogen and oxygen atoms in total. The summed E-state index contributed by atoms with van der Waals surface area (Å²) in [5.41, 5.74) is 4.30. The van der Waals surface area contributed by atoms with Crippen LogP contribution < -0.4 is 10.2 Å². The Kier molecular flexibility index (Phi) is 7.56. The lowest BCUT2D eigenvalue weighted by atomic mass is 10.2. The predicted octanol–water partition coefficient (Wildman–Crippen LogP) is 4.98. The number of hydrogen-bond acceptors (Lipinski definition) is 6. The van der Waals surface area contributed by atoms with Gasteiger partial charge in [-0.1, -0.05) is 41.6 Å². The number of nitrogens with zero attached hydrogens (tertiary/aromatic N) is 4. The van der Waals surface area contributed by atoms with Gasteiger partial charge in [-0.25, -0.2) is 9.82 Å². The summed E-state index contributed by atoms with van der Waals surface area (Å²) in [6.45, 7) is 0. The largest absolute Gasteiger partial charge is 0.497 e. The van der Waals surface area contributed by atoms with E-state index in [0.29, 0.717) is 16.0 Å². The van der Waals surface area contributed by atoms with Crippen molar-refractivity contribution in [3.8, 4) is 22.8 Å². The minimum atomic E-state index is -0.419. The summed E-state index contributed by atoms with van der Waals surface area (Å²) in [5.74, 6) is 0.573. The fraction of sp³-hybridized carbons (Fsp3) is 0.0833. The van der Waals surface area contributed by atoms with E-state index in [1.54, 1.807) is 37.4 Å². The summed E-state index contributed by atoms with van der Waals surface area (Å²) in [7, 11) is 1.60. The average Bonchev–Trinajstić information content (AvgIpc) is 3.28. The highest BCUT2D eigenvalue weighted by Gasteiger charge is 2.17. The zero-order chi connectivity index (χ0) is 23.9. The topological polar surface area (TPSA) is 81.4 Å². The van der Waals surface area contributed by atoms with E-state index in [-0.39, 0.29) is 17.2 Å². The normalized spacial score (nSPS) is 11.0. The number of hydrogen-bond donors (Lipinski definition) is 1. The van der Waals surface area contributed by atoms with Crippen molar-refractivity contribution >= 4 is 35.5 Å². The molecular formula is C24H19ClFN5O2S. The second-order valence-electron chi connectivity index (χ2n) is 6.95. The Morgan fingerprint density at radius 1 is 1.12 bits per heavy atom. The summed E-state index contributed by atoms with van der Waals surface area (Å²) in [5, 5.41) is 13.6. The first-order valence-corrected chi connectivity index (χ1v) is 11.5. The van der Waals surface area contributed by atoms with Crippen LogP contribution in [0, 0.1) is 5.82 Å². The maximum Gasteiger partial charge on any atom is 0.250 e. The van der Waals surface area contributed by atoms with Gasteiger partial charge in [-0.2, -0.15) is 5.10 Å². The second-order valence-corrected chi connectivity index (χ2v) is 8.33. The minimum absolute atomic E-state index is 0.0307. The van der Waals surface area contributed by atoms with E-state index in [0.717, 1.165) is 17.0 Å². The van der Waals surface area contributed by atoms with Crippen LogP contribution in [-0.4, -0.2) is 39.7 Å². The molecule has 0 saturated carbocycles. The zero-order valence-corrected chi connectivity index (χ0v) is 19.6. The molecule has 3 aromatic carbocycles.